The summed E-state index contributed by atoms with van der Waals surface area (Å²) in [6, 6.07) is 22.1. The zero-order valence-corrected chi connectivity index (χ0v) is 26.7. The minimum absolute atomic E-state index is 0.0937. The number of carbonyl (C=O) groups excluding carboxylic acids is 4. The lowest BCUT2D eigenvalue weighted by Crippen LogP contribution is -2.24. The number of amides is 2. The first-order chi connectivity index (χ1) is 22.9. The van der Waals surface area contributed by atoms with E-state index in [1.165, 1.54) is 41.3 Å². The molecule has 2 amide bonds. The first-order valence-corrected chi connectivity index (χ1v) is 15.3. The molecule has 0 aliphatic rings. The van der Waals surface area contributed by atoms with Crippen LogP contribution < -0.4 is 10.1 Å². The van der Waals surface area contributed by atoms with E-state index >= 15 is 0 Å². The molecule has 0 atom stereocenters. The number of nitrogens with zero attached hydrogens (tertiary/aromatic N) is 1. The number of benzene rings is 4. The summed E-state index contributed by atoms with van der Waals surface area (Å²) in [7, 11) is 3.16. The molecule has 0 aliphatic carbocycles. The van der Waals surface area contributed by atoms with E-state index in [4.69, 9.17) is 9.47 Å². The molecule has 48 heavy (non-hydrogen) atoms. The Bertz CT molecular complexity index is 1770. The van der Waals surface area contributed by atoms with Gasteiger partial charge in [-0.2, -0.15) is 13.2 Å². The van der Waals surface area contributed by atoms with Crippen molar-refractivity contribution < 1.29 is 41.8 Å². The Hall–Kier alpha value is -5.45. The van der Waals surface area contributed by atoms with Crippen LogP contribution in [0.25, 0.3) is 11.1 Å². The van der Waals surface area contributed by atoms with Crippen LogP contribution in [0.5, 0.6) is 5.75 Å². The van der Waals surface area contributed by atoms with Gasteiger partial charge in [0, 0.05) is 26.1 Å². The Kier molecular flexibility index (Phi) is 11.7. The molecule has 0 radical (unpaired) electrons. The number of nitrogens with one attached hydrogen (secondary N) is 1. The molecule has 0 saturated carbocycles. The van der Waals surface area contributed by atoms with E-state index in [-0.39, 0.29) is 29.1 Å². The standard InChI is InChI=1S/C37H35F3N2O6/c1-4-22-47-36(46)26-15-19-28(20-16-26)48-33(43)11-7-8-24-12-21-32(31(23-24)35(45)42(2)3)41-34(44)30-10-6-5-9-29(30)25-13-17-27(18-14-25)37(38,39)40/h5-6,9-10,12-21,23H,4,7-8,11,22H2,1-3H3,(H,41,44). The van der Waals surface area contributed by atoms with Gasteiger partial charge in [-0.05, 0) is 90.6 Å². The number of aryl methyl sites for hydroxylation is 1. The van der Waals surface area contributed by atoms with Crippen LogP contribution >= 0.6 is 0 Å². The molecular formula is C37H35F3N2O6. The molecule has 0 heterocycles. The molecule has 11 heteroatoms. The van der Waals surface area contributed by atoms with E-state index in [2.05, 4.69) is 5.32 Å². The van der Waals surface area contributed by atoms with Crippen molar-refractivity contribution in [3.05, 3.63) is 119 Å². The average molecular weight is 661 g/mol. The van der Waals surface area contributed by atoms with Gasteiger partial charge in [0.25, 0.3) is 11.8 Å². The normalized spacial score (nSPS) is 11.0. The van der Waals surface area contributed by atoms with Crippen LogP contribution in [-0.4, -0.2) is 49.4 Å². The van der Waals surface area contributed by atoms with Crippen molar-refractivity contribution >= 4 is 29.4 Å². The van der Waals surface area contributed by atoms with Crippen molar-refractivity contribution in [2.24, 2.45) is 0 Å². The smallest absolute Gasteiger partial charge is 0.416 e. The molecule has 0 saturated heterocycles. The SMILES string of the molecule is CCCOC(=O)c1ccc(OC(=O)CCCc2ccc(NC(=O)c3ccccc3-c3ccc(C(F)(F)F)cc3)c(C(=O)N(C)C)c2)cc1. The quantitative estimate of drug-likeness (QED) is 0.123. The number of anilines is 1. The van der Waals surface area contributed by atoms with Crippen LogP contribution in [0, 0.1) is 0 Å². The number of rotatable bonds is 12. The van der Waals surface area contributed by atoms with E-state index in [1.807, 2.05) is 6.92 Å². The molecular weight excluding hydrogens is 625 g/mol. The van der Waals surface area contributed by atoms with Crippen molar-refractivity contribution in [2.75, 3.05) is 26.0 Å². The summed E-state index contributed by atoms with van der Waals surface area (Å²) < 4.78 is 49.7. The van der Waals surface area contributed by atoms with Crippen LogP contribution in [0.3, 0.4) is 0 Å². The molecule has 4 rings (SSSR count). The summed E-state index contributed by atoms with van der Waals surface area (Å²) in [5, 5.41) is 2.79. The maximum atomic E-state index is 13.5. The Morgan fingerprint density at radius 1 is 0.833 bits per heavy atom. The number of alkyl halides is 3. The highest BCUT2D eigenvalue weighted by atomic mass is 19.4. The van der Waals surface area contributed by atoms with E-state index in [0.29, 0.717) is 48.3 Å². The second-order valence-corrected chi connectivity index (χ2v) is 11.1. The average Bonchev–Trinajstić information content (AvgIpc) is 3.07. The van der Waals surface area contributed by atoms with Crippen LogP contribution in [0.1, 0.15) is 68.4 Å². The zero-order chi connectivity index (χ0) is 34.8. The molecule has 1 N–H and O–H groups in total. The molecule has 0 aromatic heterocycles. The summed E-state index contributed by atoms with van der Waals surface area (Å²) in [4.78, 5) is 52.4. The fourth-order valence-electron chi connectivity index (χ4n) is 4.79. The predicted octanol–water partition coefficient (Wildman–Crippen LogP) is 7.82. The minimum atomic E-state index is -4.49. The van der Waals surface area contributed by atoms with Gasteiger partial charge in [0.1, 0.15) is 5.75 Å². The third-order valence-corrected chi connectivity index (χ3v) is 7.27. The van der Waals surface area contributed by atoms with Crippen molar-refractivity contribution in [3.63, 3.8) is 0 Å². The van der Waals surface area contributed by atoms with Crippen molar-refractivity contribution in [1.82, 2.24) is 4.90 Å². The van der Waals surface area contributed by atoms with Gasteiger partial charge >= 0.3 is 18.1 Å². The molecule has 0 bridgehead atoms. The summed E-state index contributed by atoms with van der Waals surface area (Å²) in [5.41, 5.74) is 1.88. The summed E-state index contributed by atoms with van der Waals surface area (Å²) in [6.45, 7) is 2.22. The summed E-state index contributed by atoms with van der Waals surface area (Å²) >= 11 is 0. The Labute approximate surface area is 276 Å². The van der Waals surface area contributed by atoms with Crippen LogP contribution in [0.15, 0.2) is 91.0 Å². The van der Waals surface area contributed by atoms with Gasteiger partial charge in [-0.3, -0.25) is 14.4 Å². The highest BCUT2D eigenvalue weighted by molar-refractivity contribution is 6.11. The number of hydrogen-bond donors (Lipinski definition) is 1. The van der Waals surface area contributed by atoms with E-state index < -0.39 is 29.6 Å². The molecule has 4 aromatic carbocycles. The Morgan fingerprint density at radius 3 is 2.17 bits per heavy atom. The maximum Gasteiger partial charge on any atom is 0.416 e. The second kappa shape index (κ2) is 15.9. The Balaban J connectivity index is 1.42. The maximum absolute atomic E-state index is 13.5. The molecule has 0 unspecified atom stereocenters. The minimum Gasteiger partial charge on any atom is -0.462 e. The van der Waals surface area contributed by atoms with Gasteiger partial charge in [0.2, 0.25) is 0 Å². The van der Waals surface area contributed by atoms with Gasteiger partial charge < -0.3 is 19.7 Å². The van der Waals surface area contributed by atoms with Gasteiger partial charge in [-0.25, -0.2) is 4.79 Å². The molecule has 4 aromatic rings. The van der Waals surface area contributed by atoms with E-state index in [1.54, 1.807) is 56.6 Å². The van der Waals surface area contributed by atoms with Crippen LogP contribution in [0.2, 0.25) is 0 Å². The largest absolute Gasteiger partial charge is 0.462 e. The van der Waals surface area contributed by atoms with Crippen LogP contribution in [0.4, 0.5) is 18.9 Å². The highest BCUT2D eigenvalue weighted by Gasteiger charge is 2.30. The van der Waals surface area contributed by atoms with Crippen molar-refractivity contribution in [2.45, 2.75) is 38.8 Å². The zero-order valence-electron chi connectivity index (χ0n) is 26.7. The number of carbonyl (C=O) groups is 4. The van der Waals surface area contributed by atoms with Crippen molar-refractivity contribution in [1.29, 1.82) is 0 Å². The fraction of sp³-hybridized carbons (Fsp3) is 0.243. The fourth-order valence-corrected chi connectivity index (χ4v) is 4.79. The third kappa shape index (κ3) is 9.31. The molecule has 0 fully saturated rings. The highest BCUT2D eigenvalue weighted by Crippen LogP contribution is 2.32. The second-order valence-electron chi connectivity index (χ2n) is 11.1. The Morgan fingerprint density at radius 2 is 1.52 bits per heavy atom. The van der Waals surface area contributed by atoms with Gasteiger partial charge in [0.15, 0.2) is 0 Å². The van der Waals surface area contributed by atoms with Gasteiger partial charge in [-0.15, -0.1) is 0 Å². The number of ether oxygens (including phenoxy) is 2. The number of halogens is 3. The van der Waals surface area contributed by atoms with E-state index in [0.717, 1.165) is 17.7 Å². The van der Waals surface area contributed by atoms with E-state index in [9.17, 15) is 32.3 Å². The first-order valence-electron chi connectivity index (χ1n) is 15.3. The summed E-state index contributed by atoms with van der Waals surface area (Å²) in [5.74, 6) is -1.51. The number of hydrogen-bond acceptors (Lipinski definition) is 6. The molecule has 0 aliphatic heterocycles. The third-order valence-electron chi connectivity index (χ3n) is 7.27. The van der Waals surface area contributed by atoms with Crippen LogP contribution in [-0.2, 0) is 22.1 Å². The monoisotopic (exact) mass is 660 g/mol. The van der Waals surface area contributed by atoms with Crippen molar-refractivity contribution in [3.8, 4) is 16.9 Å². The summed E-state index contributed by atoms with van der Waals surface area (Å²) in [6.07, 6.45) is -2.82. The molecule has 0 spiro atoms. The lowest BCUT2D eigenvalue weighted by atomic mass is 9.97. The topological polar surface area (TPSA) is 102 Å². The first kappa shape index (κ1) is 35.4. The molecule has 250 valence electrons. The number of esters is 2. The lowest BCUT2D eigenvalue weighted by molar-refractivity contribution is -0.137. The van der Waals surface area contributed by atoms with Gasteiger partial charge in [0.05, 0.1) is 29.0 Å². The predicted molar refractivity (Wildman–Crippen MR) is 175 cm³/mol. The van der Waals surface area contributed by atoms with Gasteiger partial charge in [-0.1, -0.05) is 43.3 Å². The lowest BCUT2D eigenvalue weighted by Gasteiger charge is -2.17. The molecule has 8 nitrogen and oxygen atoms in total.